The Kier molecular flexibility index (Phi) is 3.77. The van der Waals surface area contributed by atoms with Crippen LogP contribution in [-0.2, 0) is 10.2 Å². The zero-order valence-electron chi connectivity index (χ0n) is 12.4. The summed E-state index contributed by atoms with van der Waals surface area (Å²) in [5, 5.41) is 12.5. The lowest BCUT2D eigenvalue weighted by Crippen LogP contribution is -2.56. The molecule has 0 atom stereocenters. The summed E-state index contributed by atoms with van der Waals surface area (Å²) in [6, 6.07) is 19.4. The molecule has 0 spiro atoms. The number of carbonyl (C=O) groups excluding carboxylic acids is 1. The van der Waals surface area contributed by atoms with Gasteiger partial charge in [-0.2, -0.15) is 0 Å². The lowest BCUT2D eigenvalue weighted by Gasteiger charge is -2.41. The van der Waals surface area contributed by atoms with Crippen LogP contribution in [0.5, 0.6) is 0 Å². The molecular weight excluding hydrogens is 276 g/mol. The normalized spacial score (nSPS) is 20.2. The van der Waals surface area contributed by atoms with E-state index in [2.05, 4.69) is 5.16 Å². The van der Waals surface area contributed by atoms with Crippen LogP contribution in [-0.4, -0.2) is 41.7 Å². The van der Waals surface area contributed by atoms with Gasteiger partial charge in [0.1, 0.15) is 5.71 Å². The van der Waals surface area contributed by atoms with E-state index in [1.54, 1.807) is 0 Å². The highest BCUT2D eigenvalue weighted by molar-refractivity contribution is 6.45. The first-order chi connectivity index (χ1) is 10.7. The van der Waals surface area contributed by atoms with E-state index in [9.17, 15) is 10.0 Å². The molecule has 22 heavy (non-hydrogen) atoms. The van der Waals surface area contributed by atoms with Crippen molar-refractivity contribution in [3.05, 3.63) is 71.8 Å². The summed E-state index contributed by atoms with van der Waals surface area (Å²) in [6.45, 7) is 0.912. The van der Waals surface area contributed by atoms with Gasteiger partial charge in [0.05, 0.1) is 5.41 Å². The quantitative estimate of drug-likeness (QED) is 0.683. The third kappa shape index (κ3) is 2.22. The Balaban J connectivity index is 2.26. The van der Waals surface area contributed by atoms with Crippen LogP contribution < -0.4 is 0 Å². The molecule has 0 aromatic heterocycles. The summed E-state index contributed by atoms with van der Waals surface area (Å²) in [5.41, 5.74) is 1.19. The topological polar surface area (TPSA) is 52.9 Å². The smallest absolute Gasteiger partial charge is 0.197 e. The third-order valence-corrected chi connectivity index (χ3v) is 4.23. The molecule has 0 bridgehead atoms. The Morgan fingerprint density at radius 2 is 1.50 bits per heavy atom. The minimum atomic E-state index is -0.836. The number of nitrogens with zero attached hydrogens (tertiary/aromatic N) is 2. The van der Waals surface area contributed by atoms with Gasteiger partial charge in [-0.05, 0) is 18.2 Å². The first kappa shape index (κ1) is 14.5. The monoisotopic (exact) mass is 294 g/mol. The number of likely N-dealkylation sites (tertiary alicyclic amines) is 1. The molecule has 0 radical (unpaired) electrons. The van der Waals surface area contributed by atoms with E-state index in [0.717, 1.165) is 11.1 Å². The summed E-state index contributed by atoms with van der Waals surface area (Å²) >= 11 is 0. The fourth-order valence-corrected chi connectivity index (χ4v) is 3.24. The highest BCUT2D eigenvalue weighted by Crippen LogP contribution is 2.36. The van der Waals surface area contributed by atoms with Crippen molar-refractivity contribution in [1.82, 2.24) is 4.90 Å². The summed E-state index contributed by atoms with van der Waals surface area (Å²) in [5.74, 6) is -0.134. The van der Waals surface area contributed by atoms with Crippen LogP contribution in [0.4, 0.5) is 0 Å². The maximum atomic E-state index is 13.1. The maximum absolute atomic E-state index is 13.1. The number of Topliss-reactive ketones (excluding diaryl/α,β-unsaturated/α-hetero) is 1. The molecule has 4 heteroatoms. The van der Waals surface area contributed by atoms with Gasteiger partial charge in [0.25, 0.3) is 0 Å². The van der Waals surface area contributed by atoms with Crippen molar-refractivity contribution >= 4 is 11.5 Å². The lowest BCUT2D eigenvalue weighted by molar-refractivity contribution is -0.118. The van der Waals surface area contributed by atoms with Gasteiger partial charge in [0.15, 0.2) is 5.78 Å². The second-order valence-corrected chi connectivity index (χ2v) is 5.69. The molecule has 2 aromatic carbocycles. The number of carbonyl (C=O) groups is 1. The van der Waals surface area contributed by atoms with Crippen LogP contribution >= 0.6 is 0 Å². The van der Waals surface area contributed by atoms with E-state index in [4.69, 9.17) is 0 Å². The Labute approximate surface area is 129 Å². The van der Waals surface area contributed by atoms with Gasteiger partial charge in [-0.25, -0.2) is 0 Å². The number of hydrogen-bond acceptors (Lipinski definition) is 4. The van der Waals surface area contributed by atoms with Crippen molar-refractivity contribution in [3.63, 3.8) is 0 Å². The molecule has 3 rings (SSSR count). The van der Waals surface area contributed by atoms with Crippen LogP contribution in [0.15, 0.2) is 65.8 Å². The molecule has 1 saturated heterocycles. The fraction of sp³-hybridized carbons (Fsp3) is 0.222. The molecule has 4 nitrogen and oxygen atoms in total. The zero-order valence-corrected chi connectivity index (χ0v) is 12.4. The van der Waals surface area contributed by atoms with Gasteiger partial charge in [-0.3, -0.25) is 9.69 Å². The van der Waals surface area contributed by atoms with E-state index in [0.29, 0.717) is 13.1 Å². The van der Waals surface area contributed by atoms with E-state index in [1.807, 2.05) is 72.6 Å². The van der Waals surface area contributed by atoms with Crippen molar-refractivity contribution in [2.75, 3.05) is 20.1 Å². The average Bonchev–Trinajstić information content (AvgIpc) is 2.58. The van der Waals surface area contributed by atoms with Crippen molar-refractivity contribution in [2.24, 2.45) is 5.16 Å². The molecular formula is C18H18N2O2. The van der Waals surface area contributed by atoms with Crippen molar-refractivity contribution < 1.29 is 10.0 Å². The number of rotatable bonds is 2. The SMILES string of the molecule is CN1C/C(=N\O)C(=O)C(c2ccccc2)(c2ccccc2)C1. The lowest BCUT2D eigenvalue weighted by atomic mass is 9.68. The van der Waals surface area contributed by atoms with Crippen LogP contribution in [0.3, 0.4) is 0 Å². The fourth-order valence-electron chi connectivity index (χ4n) is 3.24. The Morgan fingerprint density at radius 1 is 1.00 bits per heavy atom. The molecule has 0 unspecified atom stereocenters. The van der Waals surface area contributed by atoms with Gasteiger partial charge in [-0.15, -0.1) is 0 Å². The molecule has 112 valence electrons. The second kappa shape index (κ2) is 5.73. The van der Waals surface area contributed by atoms with Crippen LogP contribution in [0.25, 0.3) is 0 Å². The predicted molar refractivity (Wildman–Crippen MR) is 85.4 cm³/mol. The van der Waals surface area contributed by atoms with E-state index >= 15 is 0 Å². The average molecular weight is 294 g/mol. The third-order valence-electron chi connectivity index (χ3n) is 4.23. The predicted octanol–water partition coefficient (Wildman–Crippen LogP) is 2.32. The van der Waals surface area contributed by atoms with Crippen molar-refractivity contribution in [3.8, 4) is 0 Å². The first-order valence-corrected chi connectivity index (χ1v) is 7.24. The summed E-state index contributed by atoms with van der Waals surface area (Å²) in [7, 11) is 1.93. The molecule has 2 aromatic rings. The molecule has 1 aliphatic rings. The Bertz CT molecular complexity index is 656. The number of piperidine rings is 1. The van der Waals surface area contributed by atoms with Crippen LogP contribution in [0, 0.1) is 0 Å². The summed E-state index contributed by atoms with van der Waals surface area (Å²) < 4.78 is 0. The number of ketones is 1. The van der Waals surface area contributed by atoms with E-state index in [-0.39, 0.29) is 11.5 Å². The molecule has 1 N–H and O–H groups in total. The van der Waals surface area contributed by atoms with Gasteiger partial charge < -0.3 is 5.21 Å². The van der Waals surface area contributed by atoms with E-state index < -0.39 is 5.41 Å². The number of hydrogen-bond donors (Lipinski definition) is 1. The van der Waals surface area contributed by atoms with E-state index in [1.165, 1.54) is 0 Å². The summed E-state index contributed by atoms with van der Waals surface area (Å²) in [6.07, 6.45) is 0. The Hall–Kier alpha value is -2.46. The van der Waals surface area contributed by atoms with Crippen molar-refractivity contribution in [1.29, 1.82) is 0 Å². The highest BCUT2D eigenvalue weighted by Gasteiger charge is 2.48. The van der Waals surface area contributed by atoms with Gasteiger partial charge in [-0.1, -0.05) is 65.8 Å². The van der Waals surface area contributed by atoms with Gasteiger partial charge in [0, 0.05) is 13.1 Å². The molecule has 1 heterocycles. The minimum Gasteiger partial charge on any atom is -0.410 e. The largest absolute Gasteiger partial charge is 0.410 e. The maximum Gasteiger partial charge on any atom is 0.197 e. The number of oxime groups is 1. The van der Waals surface area contributed by atoms with Crippen LogP contribution in [0.2, 0.25) is 0 Å². The minimum absolute atomic E-state index is 0.134. The zero-order chi connectivity index (χ0) is 15.6. The first-order valence-electron chi connectivity index (χ1n) is 7.24. The second-order valence-electron chi connectivity index (χ2n) is 5.69. The van der Waals surface area contributed by atoms with Gasteiger partial charge >= 0.3 is 0 Å². The molecule has 1 aliphatic heterocycles. The highest BCUT2D eigenvalue weighted by atomic mass is 16.4. The Morgan fingerprint density at radius 3 is 1.95 bits per heavy atom. The number of benzene rings is 2. The number of likely N-dealkylation sites (N-methyl/N-ethyl adjacent to an activating group) is 1. The molecule has 1 fully saturated rings. The summed E-state index contributed by atoms with van der Waals surface area (Å²) in [4.78, 5) is 15.1. The molecule has 0 saturated carbocycles. The molecule has 0 aliphatic carbocycles. The molecule has 0 amide bonds. The van der Waals surface area contributed by atoms with Crippen molar-refractivity contribution in [2.45, 2.75) is 5.41 Å². The van der Waals surface area contributed by atoms with Gasteiger partial charge in [0.2, 0.25) is 0 Å². The van der Waals surface area contributed by atoms with Crippen LogP contribution in [0.1, 0.15) is 11.1 Å². The standard InChI is InChI=1S/C18H18N2O2/c1-20-12-16(19-22)17(21)18(13-20,14-8-4-2-5-9-14)15-10-6-3-7-11-15/h2-11,22H,12-13H2,1H3/b19-16+.